The van der Waals surface area contributed by atoms with E-state index in [1.165, 1.54) is 12.1 Å². The number of hydrogen-bond donors (Lipinski definition) is 1. The lowest BCUT2D eigenvalue weighted by atomic mass is 10.2. The summed E-state index contributed by atoms with van der Waals surface area (Å²) in [5, 5.41) is 7.05. The minimum atomic E-state index is -0.505. The standard InChI is InChI=1S/C12H13ClFN3O/c1-7(2)15-6-11-16-12(18-17-11)8-3-4-9(13)10(14)5-8/h3-5,7,15H,6H2,1-2H3. The number of nitrogens with one attached hydrogen (secondary N) is 1. The van der Waals surface area contributed by atoms with Gasteiger partial charge in [-0.25, -0.2) is 4.39 Å². The lowest BCUT2D eigenvalue weighted by Gasteiger charge is -2.03. The molecule has 96 valence electrons. The number of rotatable bonds is 4. The highest BCUT2D eigenvalue weighted by atomic mass is 35.5. The summed E-state index contributed by atoms with van der Waals surface area (Å²) in [6.45, 7) is 4.56. The Morgan fingerprint density at radius 1 is 1.44 bits per heavy atom. The molecule has 0 saturated carbocycles. The van der Waals surface area contributed by atoms with Crippen LogP contribution in [0.2, 0.25) is 5.02 Å². The normalized spacial score (nSPS) is 11.2. The molecule has 1 aromatic heterocycles. The number of benzene rings is 1. The Kier molecular flexibility index (Phi) is 3.93. The predicted octanol–water partition coefficient (Wildman–Crippen LogP) is 3.03. The van der Waals surface area contributed by atoms with Gasteiger partial charge in [-0.2, -0.15) is 4.98 Å². The molecule has 0 aliphatic rings. The molecule has 0 amide bonds. The third-order valence-corrected chi connectivity index (χ3v) is 2.61. The van der Waals surface area contributed by atoms with E-state index in [0.29, 0.717) is 24.0 Å². The van der Waals surface area contributed by atoms with Crippen LogP contribution in [0, 0.1) is 5.82 Å². The average Bonchev–Trinajstić information content (AvgIpc) is 2.79. The summed E-state index contributed by atoms with van der Waals surface area (Å²) >= 11 is 5.61. The Bertz CT molecular complexity index is 542. The molecule has 2 aromatic rings. The molecule has 18 heavy (non-hydrogen) atoms. The fraction of sp³-hybridized carbons (Fsp3) is 0.333. The molecule has 0 radical (unpaired) electrons. The van der Waals surface area contributed by atoms with Crippen LogP contribution in [0.4, 0.5) is 4.39 Å². The summed E-state index contributed by atoms with van der Waals surface area (Å²) in [6, 6.07) is 4.70. The Morgan fingerprint density at radius 3 is 2.89 bits per heavy atom. The second-order valence-electron chi connectivity index (χ2n) is 4.18. The third kappa shape index (κ3) is 3.05. The van der Waals surface area contributed by atoms with Crippen molar-refractivity contribution in [2.24, 2.45) is 0 Å². The van der Waals surface area contributed by atoms with Crippen LogP contribution in [0.15, 0.2) is 22.7 Å². The lowest BCUT2D eigenvalue weighted by Crippen LogP contribution is -2.22. The van der Waals surface area contributed by atoms with E-state index in [-0.39, 0.29) is 10.9 Å². The lowest BCUT2D eigenvalue weighted by molar-refractivity contribution is 0.417. The van der Waals surface area contributed by atoms with E-state index in [4.69, 9.17) is 16.1 Å². The van der Waals surface area contributed by atoms with Crippen LogP contribution in [0.1, 0.15) is 19.7 Å². The first-order chi connectivity index (χ1) is 8.56. The molecule has 0 saturated heterocycles. The van der Waals surface area contributed by atoms with Gasteiger partial charge in [0.1, 0.15) is 5.82 Å². The zero-order valence-corrected chi connectivity index (χ0v) is 10.8. The summed E-state index contributed by atoms with van der Waals surface area (Å²) in [5.74, 6) is 0.314. The first-order valence-electron chi connectivity index (χ1n) is 5.57. The van der Waals surface area contributed by atoms with Gasteiger partial charge in [0.15, 0.2) is 5.82 Å². The number of aromatic nitrogens is 2. The molecule has 0 unspecified atom stereocenters. The maximum absolute atomic E-state index is 13.3. The molecule has 1 N–H and O–H groups in total. The maximum Gasteiger partial charge on any atom is 0.258 e. The Morgan fingerprint density at radius 2 is 2.22 bits per heavy atom. The Balaban J connectivity index is 2.16. The van der Waals surface area contributed by atoms with Crippen LogP contribution >= 0.6 is 11.6 Å². The van der Waals surface area contributed by atoms with Crippen molar-refractivity contribution >= 4 is 11.6 Å². The van der Waals surface area contributed by atoms with Crippen molar-refractivity contribution in [3.63, 3.8) is 0 Å². The zero-order chi connectivity index (χ0) is 13.1. The van der Waals surface area contributed by atoms with E-state index in [1.807, 2.05) is 13.8 Å². The smallest absolute Gasteiger partial charge is 0.258 e. The van der Waals surface area contributed by atoms with E-state index >= 15 is 0 Å². The molecule has 1 aromatic carbocycles. The molecular formula is C12H13ClFN3O. The van der Waals surface area contributed by atoms with Crippen LogP contribution < -0.4 is 5.32 Å². The minimum absolute atomic E-state index is 0.0694. The summed E-state index contributed by atoms with van der Waals surface area (Å²) in [5.41, 5.74) is 0.514. The van der Waals surface area contributed by atoms with Gasteiger partial charge in [-0.1, -0.05) is 30.6 Å². The van der Waals surface area contributed by atoms with E-state index in [1.54, 1.807) is 6.07 Å². The van der Waals surface area contributed by atoms with E-state index < -0.39 is 5.82 Å². The molecular weight excluding hydrogens is 257 g/mol. The van der Waals surface area contributed by atoms with Crippen LogP contribution in [-0.4, -0.2) is 16.2 Å². The van der Waals surface area contributed by atoms with Gasteiger partial charge in [-0.3, -0.25) is 0 Å². The highest BCUT2D eigenvalue weighted by Crippen LogP contribution is 2.22. The number of halogens is 2. The van der Waals surface area contributed by atoms with Crippen molar-refractivity contribution in [2.75, 3.05) is 0 Å². The van der Waals surface area contributed by atoms with Gasteiger partial charge in [0.25, 0.3) is 5.89 Å². The van der Waals surface area contributed by atoms with E-state index in [9.17, 15) is 4.39 Å². The molecule has 2 rings (SSSR count). The second-order valence-corrected chi connectivity index (χ2v) is 4.59. The van der Waals surface area contributed by atoms with E-state index in [2.05, 4.69) is 15.5 Å². The first-order valence-corrected chi connectivity index (χ1v) is 5.95. The predicted molar refractivity (Wildman–Crippen MR) is 66.7 cm³/mol. The molecule has 4 nitrogen and oxygen atoms in total. The van der Waals surface area contributed by atoms with Gasteiger partial charge >= 0.3 is 0 Å². The number of hydrogen-bond acceptors (Lipinski definition) is 4. The zero-order valence-electron chi connectivity index (χ0n) is 10.1. The molecule has 0 aliphatic heterocycles. The summed E-state index contributed by atoms with van der Waals surface area (Å²) < 4.78 is 18.4. The van der Waals surface area contributed by atoms with Crippen LogP contribution in [0.25, 0.3) is 11.5 Å². The second kappa shape index (κ2) is 5.46. The van der Waals surface area contributed by atoms with Crippen LogP contribution in [0.5, 0.6) is 0 Å². The Hall–Kier alpha value is -1.46. The topological polar surface area (TPSA) is 51.0 Å². The fourth-order valence-corrected chi connectivity index (χ4v) is 1.49. The van der Waals surface area contributed by atoms with Crippen molar-refractivity contribution < 1.29 is 8.91 Å². The van der Waals surface area contributed by atoms with Crippen molar-refractivity contribution in [2.45, 2.75) is 26.4 Å². The highest BCUT2D eigenvalue weighted by molar-refractivity contribution is 6.30. The quantitative estimate of drug-likeness (QED) is 0.927. The summed E-state index contributed by atoms with van der Waals surface area (Å²) in [4.78, 5) is 4.17. The van der Waals surface area contributed by atoms with E-state index in [0.717, 1.165) is 0 Å². The largest absolute Gasteiger partial charge is 0.334 e. The molecule has 6 heteroatoms. The first kappa shape index (κ1) is 13.0. The molecule has 1 heterocycles. The summed E-state index contributed by atoms with van der Waals surface area (Å²) in [7, 11) is 0. The van der Waals surface area contributed by atoms with Gasteiger partial charge in [0.2, 0.25) is 0 Å². The van der Waals surface area contributed by atoms with Gasteiger partial charge in [-0.05, 0) is 18.2 Å². The van der Waals surface area contributed by atoms with Crippen molar-refractivity contribution in [3.8, 4) is 11.5 Å². The SMILES string of the molecule is CC(C)NCc1noc(-c2ccc(Cl)c(F)c2)n1. The summed E-state index contributed by atoms with van der Waals surface area (Å²) in [6.07, 6.45) is 0. The highest BCUT2D eigenvalue weighted by Gasteiger charge is 2.11. The molecule has 0 fully saturated rings. The molecule has 0 aliphatic carbocycles. The van der Waals surface area contributed by atoms with Gasteiger partial charge in [0, 0.05) is 11.6 Å². The minimum Gasteiger partial charge on any atom is -0.334 e. The van der Waals surface area contributed by atoms with Crippen molar-refractivity contribution in [3.05, 3.63) is 34.9 Å². The third-order valence-electron chi connectivity index (χ3n) is 2.30. The average molecular weight is 270 g/mol. The van der Waals surface area contributed by atoms with Crippen molar-refractivity contribution in [1.29, 1.82) is 0 Å². The fourth-order valence-electron chi connectivity index (χ4n) is 1.37. The Labute approximate surface area is 109 Å². The number of nitrogens with zero attached hydrogens (tertiary/aromatic N) is 2. The monoisotopic (exact) mass is 269 g/mol. The molecule has 0 atom stereocenters. The maximum atomic E-state index is 13.3. The van der Waals surface area contributed by atoms with Gasteiger partial charge in [0.05, 0.1) is 11.6 Å². The molecule has 0 spiro atoms. The van der Waals surface area contributed by atoms with Crippen molar-refractivity contribution in [1.82, 2.24) is 15.5 Å². The van der Waals surface area contributed by atoms with Gasteiger partial charge in [-0.15, -0.1) is 0 Å². The van der Waals surface area contributed by atoms with Crippen LogP contribution in [-0.2, 0) is 6.54 Å². The van der Waals surface area contributed by atoms with Gasteiger partial charge < -0.3 is 9.84 Å². The molecule has 0 bridgehead atoms. The van der Waals surface area contributed by atoms with Crippen LogP contribution in [0.3, 0.4) is 0 Å².